The maximum Gasteiger partial charge on any atom is 0.345 e. The molecule has 0 saturated heterocycles. The fourth-order valence-corrected chi connectivity index (χ4v) is 1.49. The molecule has 78 valence electrons. The standard InChI is InChI=1S/C5H14NO3P.C2H3N/c1-3-5(6,4-2)10(7,8)9;1-2-3/h3-4,6H2,1-2H3,(H2,7,8,9);1H3. The summed E-state index contributed by atoms with van der Waals surface area (Å²) in [5.74, 6) is 0. The summed E-state index contributed by atoms with van der Waals surface area (Å²) in [5.41, 5.74) is 5.41. The highest BCUT2D eigenvalue weighted by molar-refractivity contribution is 7.53. The van der Waals surface area contributed by atoms with Crippen LogP contribution in [0.4, 0.5) is 0 Å². The van der Waals surface area contributed by atoms with Crippen molar-refractivity contribution < 1.29 is 14.4 Å². The molecule has 0 aromatic heterocycles. The molecular weight excluding hydrogens is 191 g/mol. The summed E-state index contributed by atoms with van der Waals surface area (Å²) in [6, 6.07) is 1.75. The van der Waals surface area contributed by atoms with Gasteiger partial charge < -0.3 is 15.5 Å². The van der Waals surface area contributed by atoms with Crippen LogP contribution in [0.15, 0.2) is 0 Å². The highest BCUT2D eigenvalue weighted by Gasteiger charge is 2.39. The lowest BCUT2D eigenvalue weighted by Gasteiger charge is -2.26. The lowest BCUT2D eigenvalue weighted by Crippen LogP contribution is -2.37. The first-order valence-electron chi connectivity index (χ1n) is 3.94. The molecule has 0 amide bonds. The van der Waals surface area contributed by atoms with Crippen LogP contribution in [0.2, 0.25) is 0 Å². The molecule has 0 rings (SSSR count). The van der Waals surface area contributed by atoms with Gasteiger partial charge in [-0.3, -0.25) is 4.57 Å². The Balaban J connectivity index is 0. The Labute approximate surface area is 78.7 Å². The van der Waals surface area contributed by atoms with Gasteiger partial charge in [0.1, 0.15) is 5.28 Å². The summed E-state index contributed by atoms with van der Waals surface area (Å²) < 4.78 is 10.7. The van der Waals surface area contributed by atoms with Gasteiger partial charge in [0.2, 0.25) is 0 Å². The van der Waals surface area contributed by atoms with Gasteiger partial charge in [0.15, 0.2) is 0 Å². The number of nitrogens with two attached hydrogens (primary N) is 1. The maximum absolute atomic E-state index is 10.7. The average molecular weight is 208 g/mol. The minimum atomic E-state index is -4.11. The van der Waals surface area contributed by atoms with Crippen LogP contribution in [0.3, 0.4) is 0 Å². The Bertz CT molecular complexity index is 214. The number of hydrogen-bond donors (Lipinski definition) is 3. The predicted octanol–water partition coefficient (Wildman–Crippen LogP) is 1.17. The van der Waals surface area contributed by atoms with E-state index in [4.69, 9.17) is 20.8 Å². The molecule has 4 N–H and O–H groups in total. The van der Waals surface area contributed by atoms with E-state index in [1.165, 1.54) is 6.92 Å². The molecule has 5 nitrogen and oxygen atoms in total. The van der Waals surface area contributed by atoms with Crippen LogP contribution in [0.5, 0.6) is 0 Å². The third kappa shape index (κ3) is 5.02. The van der Waals surface area contributed by atoms with E-state index in [9.17, 15) is 4.57 Å². The summed E-state index contributed by atoms with van der Waals surface area (Å²) in [4.78, 5) is 17.4. The minimum Gasteiger partial charge on any atom is -0.323 e. The molecule has 0 aliphatic heterocycles. The van der Waals surface area contributed by atoms with E-state index in [0.29, 0.717) is 12.8 Å². The average Bonchev–Trinajstić information content (AvgIpc) is 2.02. The molecule has 0 aromatic carbocycles. The SMILES string of the molecule is CC#N.CCC(N)(CC)P(=O)(O)O. The first kappa shape index (κ1) is 15.1. The first-order valence-corrected chi connectivity index (χ1v) is 5.55. The van der Waals surface area contributed by atoms with Crippen molar-refractivity contribution in [3.05, 3.63) is 0 Å². The van der Waals surface area contributed by atoms with Gasteiger partial charge in [-0.05, 0) is 12.8 Å². The van der Waals surface area contributed by atoms with E-state index in [0.717, 1.165) is 0 Å². The minimum absolute atomic E-state index is 0.299. The van der Waals surface area contributed by atoms with Crippen LogP contribution in [0.25, 0.3) is 0 Å². The Morgan fingerprint density at radius 2 is 1.69 bits per heavy atom. The number of hydrogen-bond acceptors (Lipinski definition) is 3. The van der Waals surface area contributed by atoms with E-state index < -0.39 is 12.9 Å². The van der Waals surface area contributed by atoms with Crippen LogP contribution in [-0.4, -0.2) is 15.1 Å². The molecule has 0 saturated carbocycles. The lowest BCUT2D eigenvalue weighted by molar-refractivity contribution is 0.316. The third-order valence-corrected chi connectivity index (χ3v) is 3.60. The van der Waals surface area contributed by atoms with Crippen molar-refractivity contribution in [3.63, 3.8) is 0 Å². The van der Waals surface area contributed by atoms with Gasteiger partial charge in [-0.25, -0.2) is 0 Å². The molecule has 0 aliphatic carbocycles. The molecule has 0 unspecified atom stereocenters. The Hall–Kier alpha value is -0.400. The van der Waals surface area contributed by atoms with Crippen molar-refractivity contribution in [2.75, 3.05) is 0 Å². The number of rotatable bonds is 3. The molecular formula is C7H17N2O3P. The summed E-state index contributed by atoms with van der Waals surface area (Å²) in [7, 11) is -4.11. The monoisotopic (exact) mass is 208 g/mol. The smallest absolute Gasteiger partial charge is 0.323 e. The van der Waals surface area contributed by atoms with Gasteiger partial charge in [0.05, 0.1) is 6.07 Å². The maximum atomic E-state index is 10.7. The van der Waals surface area contributed by atoms with Crippen LogP contribution in [0, 0.1) is 11.3 Å². The van der Waals surface area contributed by atoms with Crippen LogP contribution in [0.1, 0.15) is 33.6 Å². The van der Waals surface area contributed by atoms with Gasteiger partial charge in [-0.1, -0.05) is 13.8 Å². The Kier molecular flexibility index (Phi) is 7.10. The molecule has 0 spiro atoms. The zero-order valence-electron chi connectivity index (χ0n) is 8.19. The van der Waals surface area contributed by atoms with E-state index in [1.54, 1.807) is 19.9 Å². The molecule has 0 radical (unpaired) electrons. The fraction of sp³-hybridized carbons (Fsp3) is 0.857. The largest absolute Gasteiger partial charge is 0.345 e. The normalized spacial score (nSPS) is 11.2. The van der Waals surface area contributed by atoms with Crippen molar-refractivity contribution in [1.29, 1.82) is 5.26 Å². The van der Waals surface area contributed by atoms with Crippen LogP contribution < -0.4 is 5.73 Å². The van der Waals surface area contributed by atoms with Crippen LogP contribution >= 0.6 is 7.60 Å². The summed E-state index contributed by atoms with van der Waals surface area (Å²) in [5, 5.41) is 6.01. The second-order valence-corrected chi connectivity index (χ2v) is 4.56. The van der Waals surface area contributed by atoms with Gasteiger partial charge >= 0.3 is 7.60 Å². The Morgan fingerprint density at radius 1 is 1.46 bits per heavy atom. The topological polar surface area (TPSA) is 107 Å². The second kappa shape index (κ2) is 6.11. The molecule has 0 aliphatic rings. The van der Waals surface area contributed by atoms with Crippen molar-refractivity contribution in [2.45, 2.75) is 38.9 Å². The summed E-state index contributed by atoms with van der Waals surface area (Å²) in [6.45, 7) is 4.77. The molecule has 0 bridgehead atoms. The third-order valence-electron chi connectivity index (χ3n) is 1.80. The van der Waals surface area contributed by atoms with Crippen molar-refractivity contribution in [3.8, 4) is 6.07 Å². The van der Waals surface area contributed by atoms with Crippen molar-refractivity contribution in [1.82, 2.24) is 0 Å². The fourth-order valence-electron chi connectivity index (χ4n) is 0.662. The highest BCUT2D eigenvalue weighted by Crippen LogP contribution is 2.50. The zero-order valence-corrected chi connectivity index (χ0v) is 9.08. The highest BCUT2D eigenvalue weighted by atomic mass is 31.2. The van der Waals surface area contributed by atoms with Gasteiger partial charge in [0, 0.05) is 6.92 Å². The van der Waals surface area contributed by atoms with E-state index in [2.05, 4.69) is 0 Å². The molecule has 0 atom stereocenters. The van der Waals surface area contributed by atoms with E-state index >= 15 is 0 Å². The van der Waals surface area contributed by atoms with Gasteiger partial charge in [0.25, 0.3) is 0 Å². The summed E-state index contributed by atoms with van der Waals surface area (Å²) >= 11 is 0. The van der Waals surface area contributed by atoms with Crippen molar-refractivity contribution >= 4 is 7.60 Å². The zero-order chi connectivity index (χ0) is 11.1. The van der Waals surface area contributed by atoms with Gasteiger partial charge in [-0.2, -0.15) is 5.26 Å². The van der Waals surface area contributed by atoms with Crippen molar-refractivity contribution in [2.24, 2.45) is 5.73 Å². The first-order chi connectivity index (χ1) is 5.79. The molecule has 0 fully saturated rings. The number of nitrogens with zero attached hydrogens (tertiary/aromatic N) is 1. The summed E-state index contributed by atoms with van der Waals surface area (Å²) in [6.07, 6.45) is 0.599. The molecule has 0 heterocycles. The Morgan fingerprint density at radius 3 is 1.69 bits per heavy atom. The second-order valence-electron chi connectivity index (χ2n) is 2.58. The predicted molar refractivity (Wildman–Crippen MR) is 50.8 cm³/mol. The molecule has 6 heteroatoms. The molecule has 13 heavy (non-hydrogen) atoms. The van der Waals surface area contributed by atoms with Gasteiger partial charge in [-0.15, -0.1) is 0 Å². The van der Waals surface area contributed by atoms with E-state index in [-0.39, 0.29) is 0 Å². The quantitative estimate of drug-likeness (QED) is 0.603. The van der Waals surface area contributed by atoms with E-state index in [1.807, 2.05) is 0 Å². The van der Waals surface area contributed by atoms with Crippen LogP contribution in [-0.2, 0) is 4.57 Å². The molecule has 0 aromatic rings. The number of nitriles is 1. The lowest BCUT2D eigenvalue weighted by atomic mass is 10.2.